The molecular formula is C50H66N8O4. The smallest absolute Gasteiger partial charge is 0.257 e. The van der Waals surface area contributed by atoms with Gasteiger partial charge in [-0.2, -0.15) is 4.98 Å². The van der Waals surface area contributed by atoms with Crippen LogP contribution in [0.1, 0.15) is 102 Å². The van der Waals surface area contributed by atoms with Gasteiger partial charge in [-0.1, -0.05) is 51.2 Å². The first-order chi connectivity index (χ1) is 30.2. The SMILES string of the molecule is C=CC(=O)Nc1cccc(-n2c(=O)cc(C)c3cnc(Nc4ccc(N5CCN(CCCCCCCCCCNC(=O)CC67CC8CC(CC(C8)C6)C7)CC5)cc4OC)nc32)c1. The summed E-state index contributed by atoms with van der Waals surface area (Å²) in [6.07, 6.45) is 22.0. The molecule has 4 aromatic rings. The second-order valence-electron chi connectivity index (χ2n) is 18.8. The minimum atomic E-state index is -0.338. The van der Waals surface area contributed by atoms with Crippen molar-refractivity contribution < 1.29 is 14.3 Å². The summed E-state index contributed by atoms with van der Waals surface area (Å²) >= 11 is 0. The Labute approximate surface area is 366 Å². The number of carbonyl (C=O) groups excluding carboxylic acids is 2. The minimum Gasteiger partial charge on any atom is -0.494 e. The van der Waals surface area contributed by atoms with Gasteiger partial charge < -0.3 is 25.6 Å². The van der Waals surface area contributed by atoms with Gasteiger partial charge in [0.05, 0.1) is 18.5 Å². The minimum absolute atomic E-state index is 0.244. The molecule has 0 radical (unpaired) electrons. The second kappa shape index (κ2) is 19.9. The maximum Gasteiger partial charge on any atom is 0.257 e. The van der Waals surface area contributed by atoms with Crippen molar-refractivity contribution in [3.05, 3.63) is 83.3 Å². The molecule has 330 valence electrons. The van der Waals surface area contributed by atoms with E-state index < -0.39 is 0 Å². The van der Waals surface area contributed by atoms with Gasteiger partial charge in [-0.05, 0) is 130 Å². The average Bonchev–Trinajstić information content (AvgIpc) is 3.25. The molecule has 2 amide bonds. The number of ether oxygens (including phenoxy) is 1. The van der Waals surface area contributed by atoms with Crippen molar-refractivity contribution in [2.75, 3.05) is 61.9 Å². The van der Waals surface area contributed by atoms with Crippen molar-refractivity contribution in [1.82, 2.24) is 24.8 Å². The molecule has 12 nitrogen and oxygen atoms in total. The number of benzene rings is 2. The largest absolute Gasteiger partial charge is 0.494 e. The maximum absolute atomic E-state index is 13.4. The molecule has 3 heterocycles. The number of aryl methyl sites for hydroxylation is 1. The van der Waals surface area contributed by atoms with Crippen molar-refractivity contribution in [3.8, 4) is 11.4 Å². The Kier molecular flexibility index (Phi) is 13.9. The summed E-state index contributed by atoms with van der Waals surface area (Å²) in [5.74, 6) is 3.71. The molecule has 0 spiro atoms. The summed E-state index contributed by atoms with van der Waals surface area (Å²) in [5, 5.41) is 10.1. The molecule has 1 saturated heterocycles. The average molecular weight is 843 g/mol. The maximum atomic E-state index is 13.4. The molecule has 2 aromatic carbocycles. The highest BCUT2D eigenvalue weighted by molar-refractivity contribution is 5.99. The number of nitrogens with zero attached hydrogens (tertiary/aromatic N) is 5. The summed E-state index contributed by atoms with van der Waals surface area (Å²) in [4.78, 5) is 52.5. The van der Waals surface area contributed by atoms with Gasteiger partial charge in [-0.3, -0.25) is 23.9 Å². The quantitative estimate of drug-likeness (QED) is 0.0589. The first kappa shape index (κ1) is 43.4. The highest BCUT2D eigenvalue weighted by atomic mass is 16.5. The number of pyridine rings is 1. The Bertz CT molecular complexity index is 2250. The van der Waals surface area contributed by atoms with Crippen LogP contribution in [0.5, 0.6) is 5.75 Å². The van der Waals surface area contributed by atoms with Crippen LogP contribution < -0.4 is 31.1 Å². The van der Waals surface area contributed by atoms with Crippen LogP contribution in [0.25, 0.3) is 16.7 Å². The predicted molar refractivity (Wildman–Crippen MR) is 249 cm³/mol. The number of hydrogen-bond acceptors (Lipinski definition) is 9. The zero-order valence-electron chi connectivity index (χ0n) is 36.9. The third-order valence-electron chi connectivity index (χ3n) is 14.1. The van der Waals surface area contributed by atoms with Crippen LogP contribution in [0.2, 0.25) is 0 Å². The lowest BCUT2D eigenvalue weighted by Crippen LogP contribution is -2.48. The molecule has 5 aliphatic rings. The summed E-state index contributed by atoms with van der Waals surface area (Å²) in [6.45, 7) is 11.4. The van der Waals surface area contributed by atoms with E-state index >= 15 is 0 Å². The fourth-order valence-corrected chi connectivity index (χ4v) is 11.5. The van der Waals surface area contributed by atoms with Gasteiger partial charge in [0.15, 0.2) is 5.65 Å². The summed E-state index contributed by atoms with van der Waals surface area (Å²) < 4.78 is 7.36. The molecule has 0 atom stereocenters. The van der Waals surface area contributed by atoms with E-state index in [2.05, 4.69) is 49.4 Å². The van der Waals surface area contributed by atoms with E-state index in [0.29, 0.717) is 40.0 Å². The molecule has 4 saturated carbocycles. The van der Waals surface area contributed by atoms with Crippen molar-refractivity contribution in [1.29, 1.82) is 0 Å². The summed E-state index contributed by atoms with van der Waals surface area (Å²) in [6, 6.07) is 14.8. The molecule has 3 N–H and O–H groups in total. The highest BCUT2D eigenvalue weighted by Gasteiger charge is 2.51. The Morgan fingerprint density at radius 2 is 1.56 bits per heavy atom. The van der Waals surface area contributed by atoms with Gasteiger partial charge in [-0.15, -0.1) is 0 Å². The first-order valence-electron chi connectivity index (χ1n) is 23.3. The number of anilines is 4. The Morgan fingerprint density at radius 3 is 2.26 bits per heavy atom. The third kappa shape index (κ3) is 10.5. The van der Waals surface area contributed by atoms with Gasteiger partial charge in [0.2, 0.25) is 17.8 Å². The molecule has 62 heavy (non-hydrogen) atoms. The van der Waals surface area contributed by atoms with E-state index in [4.69, 9.17) is 9.72 Å². The zero-order valence-corrected chi connectivity index (χ0v) is 36.9. The fraction of sp³-hybridized carbons (Fsp3) is 0.540. The van der Waals surface area contributed by atoms with E-state index in [1.807, 2.05) is 13.0 Å². The van der Waals surface area contributed by atoms with Crippen molar-refractivity contribution in [2.45, 2.75) is 103 Å². The molecule has 2 aromatic heterocycles. The lowest BCUT2D eigenvalue weighted by atomic mass is 9.49. The number of amides is 2. The molecule has 4 bridgehead atoms. The number of aromatic nitrogens is 3. The van der Waals surface area contributed by atoms with Crippen LogP contribution in [0.4, 0.5) is 23.0 Å². The number of hydrogen-bond donors (Lipinski definition) is 3. The van der Waals surface area contributed by atoms with Crippen LogP contribution in [0.3, 0.4) is 0 Å². The monoisotopic (exact) mass is 843 g/mol. The number of carbonyl (C=O) groups is 2. The molecule has 12 heteroatoms. The fourth-order valence-electron chi connectivity index (χ4n) is 11.5. The van der Waals surface area contributed by atoms with E-state index in [1.165, 1.54) is 94.1 Å². The Morgan fingerprint density at radius 1 is 0.871 bits per heavy atom. The zero-order chi connectivity index (χ0) is 43.1. The van der Waals surface area contributed by atoms with Gasteiger partial charge in [0.25, 0.3) is 5.56 Å². The van der Waals surface area contributed by atoms with Gasteiger partial charge in [0.1, 0.15) is 5.75 Å². The van der Waals surface area contributed by atoms with Crippen molar-refractivity contribution in [3.63, 3.8) is 0 Å². The van der Waals surface area contributed by atoms with Crippen LogP contribution in [0, 0.1) is 30.1 Å². The van der Waals surface area contributed by atoms with Gasteiger partial charge >= 0.3 is 0 Å². The standard InChI is InChI=1S/C50H66N8O4/c1-4-45(59)53-39-14-13-15-41(28-39)58-47(61)24-35(2)42-34-52-49(55-48(42)58)54-43-17-16-40(29-44(43)62-3)57-22-20-56(21-23-57)19-12-10-8-6-5-7-9-11-18-51-46(60)33-50-30-36-25-37(31-50)27-38(26-36)32-50/h4,13-17,24,28-29,34,36-38H,1,5-12,18-23,25-27,30-33H2,2-3H3,(H,51,60)(H,53,59)(H,52,54,55). The lowest BCUT2D eigenvalue weighted by Gasteiger charge is -2.56. The predicted octanol–water partition coefficient (Wildman–Crippen LogP) is 8.93. The molecule has 0 unspecified atom stereocenters. The van der Waals surface area contributed by atoms with E-state index in [0.717, 1.165) is 92.2 Å². The Hall–Kier alpha value is -5.23. The number of piperazine rings is 1. The molecule has 9 rings (SSSR count). The van der Waals surface area contributed by atoms with E-state index in [-0.39, 0.29) is 11.5 Å². The number of nitrogens with one attached hydrogen (secondary N) is 3. The molecule has 1 aliphatic heterocycles. The van der Waals surface area contributed by atoms with Crippen LogP contribution in [-0.4, -0.2) is 77.6 Å². The van der Waals surface area contributed by atoms with Crippen LogP contribution in [-0.2, 0) is 9.59 Å². The number of methoxy groups -OCH3 is 1. The third-order valence-corrected chi connectivity index (χ3v) is 14.1. The molecular weight excluding hydrogens is 777 g/mol. The second-order valence-corrected chi connectivity index (χ2v) is 18.8. The van der Waals surface area contributed by atoms with Crippen molar-refractivity contribution >= 4 is 45.9 Å². The summed E-state index contributed by atoms with van der Waals surface area (Å²) in [7, 11) is 1.66. The van der Waals surface area contributed by atoms with E-state index in [1.54, 1.807) is 43.6 Å². The Balaban J connectivity index is 0.738. The summed E-state index contributed by atoms with van der Waals surface area (Å²) in [5.41, 5.74) is 4.24. The molecule has 4 aliphatic carbocycles. The highest BCUT2D eigenvalue weighted by Crippen LogP contribution is 2.61. The number of fused-ring (bicyclic) bond motifs is 1. The lowest BCUT2D eigenvalue weighted by molar-refractivity contribution is -0.129. The van der Waals surface area contributed by atoms with Crippen LogP contribution >= 0.6 is 0 Å². The molecule has 5 fully saturated rings. The topological polar surface area (TPSA) is 134 Å². The number of rotatable bonds is 20. The van der Waals surface area contributed by atoms with Crippen LogP contribution in [0.15, 0.2) is 72.2 Å². The number of unbranched alkanes of at least 4 members (excludes halogenated alkanes) is 7. The van der Waals surface area contributed by atoms with Gasteiger partial charge in [-0.25, -0.2) is 4.98 Å². The van der Waals surface area contributed by atoms with E-state index in [9.17, 15) is 14.4 Å². The first-order valence-corrected chi connectivity index (χ1v) is 23.3. The van der Waals surface area contributed by atoms with Gasteiger partial charge in [0, 0.05) is 74.2 Å². The normalized spacial score (nSPS) is 21.8. The van der Waals surface area contributed by atoms with Crippen molar-refractivity contribution in [2.24, 2.45) is 23.2 Å².